The number of ether oxygens (including phenoxy) is 2. The zero-order valence-electron chi connectivity index (χ0n) is 14.7. The molecule has 3 aliphatic heterocycles. The third-order valence-corrected chi connectivity index (χ3v) is 5.98. The van der Waals surface area contributed by atoms with E-state index in [4.69, 9.17) is 9.47 Å². The Kier molecular flexibility index (Phi) is 5.01. The molecule has 4 heterocycles. The minimum Gasteiger partial charge on any atom is -0.381 e. The lowest BCUT2D eigenvalue weighted by Crippen LogP contribution is -2.49. The van der Waals surface area contributed by atoms with E-state index in [0.29, 0.717) is 19.1 Å². The van der Waals surface area contributed by atoms with Crippen LogP contribution in [0.3, 0.4) is 0 Å². The summed E-state index contributed by atoms with van der Waals surface area (Å²) in [5.41, 5.74) is 1.33. The number of hydrogen-bond donors (Lipinski definition) is 0. The first kappa shape index (κ1) is 16.9. The van der Waals surface area contributed by atoms with Gasteiger partial charge in [0.05, 0.1) is 19.1 Å². The van der Waals surface area contributed by atoms with E-state index in [-0.39, 0.29) is 11.3 Å². The smallest absolute Gasteiger partial charge is 0.227 e. The van der Waals surface area contributed by atoms with E-state index in [1.807, 2.05) is 17.3 Å². The van der Waals surface area contributed by atoms with E-state index in [9.17, 15) is 4.79 Å². The summed E-state index contributed by atoms with van der Waals surface area (Å²) in [5.74, 6) is 0.402. The zero-order valence-corrected chi connectivity index (χ0v) is 14.7. The molecular formula is C19H27N3O3. The van der Waals surface area contributed by atoms with Crippen molar-refractivity contribution in [2.75, 3.05) is 52.6 Å². The molecule has 6 heteroatoms. The van der Waals surface area contributed by atoms with Gasteiger partial charge in [-0.05, 0) is 30.5 Å². The highest BCUT2D eigenvalue weighted by Crippen LogP contribution is 2.45. The van der Waals surface area contributed by atoms with Crippen molar-refractivity contribution >= 4 is 5.91 Å². The Bertz CT molecular complexity index is 583. The van der Waals surface area contributed by atoms with E-state index in [1.165, 1.54) is 5.56 Å². The van der Waals surface area contributed by atoms with Crippen LogP contribution < -0.4 is 0 Å². The Morgan fingerprint density at radius 1 is 1.12 bits per heavy atom. The van der Waals surface area contributed by atoms with Gasteiger partial charge in [-0.25, -0.2) is 0 Å². The van der Waals surface area contributed by atoms with Gasteiger partial charge in [-0.1, -0.05) is 0 Å². The van der Waals surface area contributed by atoms with Crippen molar-refractivity contribution < 1.29 is 14.3 Å². The molecule has 1 aromatic heterocycles. The molecular weight excluding hydrogens is 318 g/mol. The highest BCUT2D eigenvalue weighted by atomic mass is 16.5. The van der Waals surface area contributed by atoms with Crippen LogP contribution in [0.15, 0.2) is 24.5 Å². The van der Waals surface area contributed by atoms with Crippen molar-refractivity contribution in [3.63, 3.8) is 0 Å². The predicted octanol–water partition coefficient (Wildman–Crippen LogP) is 1.17. The average molecular weight is 345 g/mol. The predicted molar refractivity (Wildman–Crippen MR) is 92.9 cm³/mol. The van der Waals surface area contributed by atoms with E-state index in [0.717, 1.165) is 58.8 Å². The molecule has 0 unspecified atom stereocenters. The molecule has 1 amide bonds. The number of carbonyl (C=O) groups is 1. The van der Waals surface area contributed by atoms with Gasteiger partial charge < -0.3 is 14.4 Å². The zero-order chi connectivity index (χ0) is 17.1. The molecule has 1 aromatic rings. The van der Waals surface area contributed by atoms with Crippen molar-refractivity contribution in [3.8, 4) is 0 Å². The Morgan fingerprint density at radius 3 is 2.52 bits per heavy atom. The molecule has 1 spiro atoms. The second-order valence-electron chi connectivity index (χ2n) is 7.49. The molecule has 136 valence electrons. The maximum absolute atomic E-state index is 13.3. The van der Waals surface area contributed by atoms with Gasteiger partial charge in [0.25, 0.3) is 0 Å². The lowest BCUT2D eigenvalue weighted by atomic mass is 9.71. The maximum Gasteiger partial charge on any atom is 0.227 e. The average Bonchev–Trinajstić information content (AvgIpc) is 3.00. The minimum atomic E-state index is 0.0701. The summed E-state index contributed by atoms with van der Waals surface area (Å²) in [6, 6.07) is 4.13. The van der Waals surface area contributed by atoms with Gasteiger partial charge >= 0.3 is 0 Å². The fourth-order valence-electron chi connectivity index (χ4n) is 4.57. The van der Waals surface area contributed by atoms with Crippen LogP contribution in [0, 0.1) is 11.3 Å². The summed E-state index contributed by atoms with van der Waals surface area (Å²) < 4.78 is 11.0. The largest absolute Gasteiger partial charge is 0.381 e. The van der Waals surface area contributed by atoms with Crippen LogP contribution in [0.2, 0.25) is 0 Å². The highest BCUT2D eigenvalue weighted by Gasteiger charge is 2.51. The van der Waals surface area contributed by atoms with Crippen molar-refractivity contribution in [3.05, 3.63) is 30.1 Å². The van der Waals surface area contributed by atoms with Crippen molar-refractivity contribution in [1.29, 1.82) is 0 Å². The van der Waals surface area contributed by atoms with Gasteiger partial charge in [0, 0.05) is 63.7 Å². The summed E-state index contributed by atoms with van der Waals surface area (Å²) in [5, 5.41) is 0. The number of pyridine rings is 1. The lowest BCUT2D eigenvalue weighted by Gasteiger charge is -2.40. The maximum atomic E-state index is 13.3. The second kappa shape index (κ2) is 7.40. The normalized spacial score (nSPS) is 26.9. The summed E-state index contributed by atoms with van der Waals surface area (Å²) in [6.45, 7) is 7.05. The first-order valence-corrected chi connectivity index (χ1v) is 9.32. The number of amides is 1. The number of morpholine rings is 1. The number of nitrogens with zero attached hydrogens (tertiary/aromatic N) is 3. The molecule has 3 aliphatic rings. The summed E-state index contributed by atoms with van der Waals surface area (Å²) >= 11 is 0. The van der Waals surface area contributed by atoms with Crippen LogP contribution in [-0.2, 0) is 20.8 Å². The van der Waals surface area contributed by atoms with Gasteiger partial charge in [0.15, 0.2) is 0 Å². The molecule has 0 saturated carbocycles. The van der Waals surface area contributed by atoms with Crippen molar-refractivity contribution in [1.82, 2.24) is 14.8 Å². The molecule has 1 atom stereocenters. The molecule has 4 rings (SSSR count). The fraction of sp³-hybridized carbons (Fsp3) is 0.684. The number of rotatable bonds is 3. The molecule has 25 heavy (non-hydrogen) atoms. The molecule has 3 fully saturated rings. The summed E-state index contributed by atoms with van der Waals surface area (Å²) in [7, 11) is 0. The van der Waals surface area contributed by atoms with Crippen LogP contribution in [0.5, 0.6) is 0 Å². The first-order chi connectivity index (χ1) is 12.3. The molecule has 0 N–H and O–H groups in total. The van der Waals surface area contributed by atoms with Crippen molar-refractivity contribution in [2.45, 2.75) is 19.4 Å². The van der Waals surface area contributed by atoms with Crippen molar-refractivity contribution in [2.24, 2.45) is 11.3 Å². The number of hydrogen-bond acceptors (Lipinski definition) is 5. The van der Waals surface area contributed by atoms with Gasteiger partial charge in [-0.2, -0.15) is 0 Å². The fourth-order valence-corrected chi connectivity index (χ4v) is 4.57. The van der Waals surface area contributed by atoms with Crippen LogP contribution in [0.1, 0.15) is 18.4 Å². The van der Waals surface area contributed by atoms with Crippen LogP contribution in [0.25, 0.3) is 0 Å². The van der Waals surface area contributed by atoms with Gasteiger partial charge in [0.2, 0.25) is 5.91 Å². The van der Waals surface area contributed by atoms with E-state index in [2.05, 4.69) is 22.0 Å². The topological polar surface area (TPSA) is 54.9 Å². The Morgan fingerprint density at radius 2 is 1.80 bits per heavy atom. The van der Waals surface area contributed by atoms with E-state index >= 15 is 0 Å². The second-order valence-corrected chi connectivity index (χ2v) is 7.49. The monoisotopic (exact) mass is 345 g/mol. The standard InChI is InChI=1S/C19H27N3O3/c23-18(22-7-11-25-12-8-22)17-14-21(13-16-1-5-20-6-2-16)15-19(17)3-9-24-10-4-19/h1-2,5-6,17H,3-4,7-15H2/t17-/m0/s1. The van der Waals surface area contributed by atoms with E-state index < -0.39 is 0 Å². The number of likely N-dealkylation sites (tertiary alicyclic amines) is 1. The van der Waals surface area contributed by atoms with Gasteiger partial charge in [0.1, 0.15) is 0 Å². The third-order valence-electron chi connectivity index (χ3n) is 5.98. The molecule has 0 aromatic carbocycles. The Hall–Kier alpha value is -1.50. The van der Waals surface area contributed by atoms with Gasteiger partial charge in [-0.3, -0.25) is 14.7 Å². The lowest BCUT2D eigenvalue weighted by molar-refractivity contribution is -0.144. The molecule has 0 bridgehead atoms. The summed E-state index contributed by atoms with van der Waals surface area (Å²) in [4.78, 5) is 21.8. The molecule has 0 aliphatic carbocycles. The summed E-state index contributed by atoms with van der Waals surface area (Å²) in [6.07, 6.45) is 5.65. The SMILES string of the molecule is O=C([C@@H]1CN(Cc2ccncc2)CC12CCOCC2)N1CCOCC1. The molecule has 6 nitrogen and oxygen atoms in total. The van der Waals surface area contributed by atoms with E-state index in [1.54, 1.807) is 0 Å². The minimum absolute atomic E-state index is 0.0701. The van der Waals surface area contributed by atoms with Crippen LogP contribution >= 0.6 is 0 Å². The quantitative estimate of drug-likeness (QED) is 0.823. The Balaban J connectivity index is 1.51. The third kappa shape index (κ3) is 3.57. The Labute approximate surface area is 149 Å². The number of carbonyl (C=O) groups excluding carboxylic acids is 1. The van der Waals surface area contributed by atoms with Crippen LogP contribution in [0.4, 0.5) is 0 Å². The van der Waals surface area contributed by atoms with Gasteiger partial charge in [-0.15, -0.1) is 0 Å². The first-order valence-electron chi connectivity index (χ1n) is 9.32. The molecule has 3 saturated heterocycles. The highest BCUT2D eigenvalue weighted by molar-refractivity contribution is 5.80. The number of aromatic nitrogens is 1. The molecule has 0 radical (unpaired) electrons. The van der Waals surface area contributed by atoms with Crippen LogP contribution in [-0.4, -0.2) is 73.3 Å².